The number of fused-ring (bicyclic) bond motifs is 1. The molecule has 0 saturated carbocycles. The topological polar surface area (TPSA) is 43.7 Å². The van der Waals surface area contributed by atoms with E-state index in [1.165, 1.54) is 6.42 Å². The summed E-state index contributed by atoms with van der Waals surface area (Å²) >= 11 is 0. The lowest BCUT2D eigenvalue weighted by Gasteiger charge is -2.27. The number of hydrogen-bond donors (Lipinski definition) is 0. The van der Waals surface area contributed by atoms with Gasteiger partial charge in [-0.05, 0) is 25.3 Å². The Morgan fingerprint density at radius 2 is 1.91 bits per heavy atom. The Balaban J connectivity index is 1.88. The maximum Gasteiger partial charge on any atom is 0.242 e. The van der Waals surface area contributed by atoms with Crippen LogP contribution in [-0.4, -0.2) is 42.7 Å². The van der Waals surface area contributed by atoms with Gasteiger partial charge in [-0.2, -0.15) is 0 Å². The highest BCUT2D eigenvalue weighted by molar-refractivity contribution is 5.89. The molecule has 0 unspecified atom stereocenters. The zero-order valence-electron chi connectivity index (χ0n) is 13.2. The second-order valence-corrected chi connectivity index (χ2v) is 5.65. The molecular formula is C17H22N2O3. The summed E-state index contributed by atoms with van der Waals surface area (Å²) in [5, 5.41) is 0.995. The number of methoxy groups -OCH3 is 2. The lowest BCUT2D eigenvalue weighted by Crippen LogP contribution is -2.37. The first kappa shape index (κ1) is 14.8. The summed E-state index contributed by atoms with van der Waals surface area (Å²) < 4.78 is 12.7. The van der Waals surface area contributed by atoms with E-state index in [0.29, 0.717) is 6.54 Å². The molecule has 1 saturated heterocycles. The third-order valence-electron chi connectivity index (χ3n) is 4.29. The van der Waals surface area contributed by atoms with Gasteiger partial charge >= 0.3 is 0 Å². The van der Waals surface area contributed by atoms with Gasteiger partial charge in [0.05, 0.1) is 19.7 Å². The van der Waals surface area contributed by atoms with Crippen LogP contribution < -0.4 is 9.47 Å². The van der Waals surface area contributed by atoms with Gasteiger partial charge in [0.15, 0.2) is 0 Å². The van der Waals surface area contributed by atoms with Crippen LogP contribution in [0.3, 0.4) is 0 Å². The molecule has 0 radical (unpaired) electrons. The molecule has 5 heteroatoms. The predicted octanol–water partition coefficient (Wildman–Crippen LogP) is 2.67. The van der Waals surface area contributed by atoms with Gasteiger partial charge in [0.1, 0.15) is 18.0 Å². The van der Waals surface area contributed by atoms with Gasteiger partial charge in [0, 0.05) is 36.8 Å². The molecule has 1 fully saturated rings. The van der Waals surface area contributed by atoms with Crippen molar-refractivity contribution in [1.82, 2.24) is 9.47 Å². The molecule has 0 N–H and O–H groups in total. The number of hydrogen-bond acceptors (Lipinski definition) is 3. The molecule has 0 spiro atoms. The molecule has 1 aromatic carbocycles. The van der Waals surface area contributed by atoms with Crippen LogP contribution in [0, 0.1) is 0 Å². The van der Waals surface area contributed by atoms with Crippen LogP contribution in [0.1, 0.15) is 19.3 Å². The van der Waals surface area contributed by atoms with Gasteiger partial charge in [0.2, 0.25) is 5.91 Å². The zero-order valence-corrected chi connectivity index (χ0v) is 13.2. The number of carbonyl (C=O) groups is 1. The average Bonchev–Trinajstić information content (AvgIpc) is 2.97. The van der Waals surface area contributed by atoms with Crippen LogP contribution >= 0.6 is 0 Å². The summed E-state index contributed by atoms with van der Waals surface area (Å²) in [5.74, 6) is 1.67. The maximum absolute atomic E-state index is 12.5. The normalized spacial score (nSPS) is 15.1. The molecule has 1 aliphatic rings. The second kappa shape index (κ2) is 6.30. The van der Waals surface area contributed by atoms with E-state index in [4.69, 9.17) is 9.47 Å². The van der Waals surface area contributed by atoms with Gasteiger partial charge < -0.3 is 18.9 Å². The zero-order chi connectivity index (χ0) is 15.5. The number of piperidine rings is 1. The fraction of sp³-hybridized carbons (Fsp3) is 0.471. The predicted molar refractivity (Wildman–Crippen MR) is 85.5 cm³/mol. The first-order valence-electron chi connectivity index (χ1n) is 7.71. The fourth-order valence-corrected chi connectivity index (χ4v) is 3.05. The van der Waals surface area contributed by atoms with Crippen molar-refractivity contribution < 1.29 is 14.3 Å². The highest BCUT2D eigenvalue weighted by Crippen LogP contribution is 2.32. The molecule has 0 atom stereocenters. The Morgan fingerprint density at radius 1 is 1.14 bits per heavy atom. The number of likely N-dealkylation sites (tertiary alicyclic amines) is 1. The highest BCUT2D eigenvalue weighted by atomic mass is 16.5. The molecule has 0 aliphatic carbocycles. The van der Waals surface area contributed by atoms with Crippen molar-refractivity contribution >= 4 is 16.8 Å². The van der Waals surface area contributed by atoms with Crippen LogP contribution in [0.5, 0.6) is 11.5 Å². The first-order chi connectivity index (χ1) is 10.7. The average molecular weight is 302 g/mol. The van der Waals surface area contributed by atoms with Gasteiger partial charge in [-0.15, -0.1) is 0 Å². The Hall–Kier alpha value is -2.17. The van der Waals surface area contributed by atoms with Gasteiger partial charge in [-0.25, -0.2) is 0 Å². The third kappa shape index (κ3) is 2.75. The van der Waals surface area contributed by atoms with E-state index in [1.54, 1.807) is 14.2 Å². The Bertz CT molecular complexity index is 672. The minimum Gasteiger partial charge on any atom is -0.497 e. The van der Waals surface area contributed by atoms with Gasteiger partial charge in [-0.1, -0.05) is 0 Å². The lowest BCUT2D eigenvalue weighted by atomic mass is 10.1. The van der Waals surface area contributed by atoms with Crippen molar-refractivity contribution in [2.75, 3.05) is 27.3 Å². The van der Waals surface area contributed by atoms with Crippen molar-refractivity contribution in [2.24, 2.45) is 0 Å². The standard InChI is InChI=1S/C17H22N2O3/c1-21-13-10-15-14(16(11-13)22-2)6-9-19(15)12-17(20)18-7-4-3-5-8-18/h6,9-11H,3-5,7-8,12H2,1-2H3. The third-order valence-corrected chi connectivity index (χ3v) is 4.29. The molecule has 1 amide bonds. The van der Waals surface area contributed by atoms with E-state index in [-0.39, 0.29) is 5.91 Å². The van der Waals surface area contributed by atoms with Gasteiger partial charge in [-0.3, -0.25) is 4.79 Å². The van der Waals surface area contributed by atoms with Crippen LogP contribution in [0.4, 0.5) is 0 Å². The molecular weight excluding hydrogens is 280 g/mol. The number of nitrogens with zero attached hydrogens (tertiary/aromatic N) is 2. The minimum absolute atomic E-state index is 0.180. The van der Waals surface area contributed by atoms with Crippen molar-refractivity contribution in [3.05, 3.63) is 24.4 Å². The number of carbonyl (C=O) groups excluding carboxylic acids is 1. The molecule has 0 bridgehead atoms. The number of rotatable bonds is 4. The smallest absolute Gasteiger partial charge is 0.242 e. The minimum atomic E-state index is 0.180. The Morgan fingerprint density at radius 3 is 2.59 bits per heavy atom. The maximum atomic E-state index is 12.5. The summed E-state index contributed by atoms with van der Waals surface area (Å²) in [4.78, 5) is 14.4. The summed E-state index contributed by atoms with van der Waals surface area (Å²) in [6, 6.07) is 5.79. The summed E-state index contributed by atoms with van der Waals surface area (Å²) in [7, 11) is 3.28. The van der Waals surface area contributed by atoms with Crippen LogP contribution in [0.25, 0.3) is 10.9 Å². The van der Waals surface area contributed by atoms with E-state index in [0.717, 1.165) is 48.3 Å². The fourth-order valence-electron chi connectivity index (χ4n) is 3.05. The first-order valence-corrected chi connectivity index (χ1v) is 7.71. The second-order valence-electron chi connectivity index (χ2n) is 5.65. The van der Waals surface area contributed by atoms with Crippen LogP contribution in [0.15, 0.2) is 24.4 Å². The van der Waals surface area contributed by atoms with E-state index < -0.39 is 0 Å². The molecule has 5 nitrogen and oxygen atoms in total. The van der Waals surface area contributed by atoms with Crippen LogP contribution in [-0.2, 0) is 11.3 Å². The largest absolute Gasteiger partial charge is 0.497 e. The lowest BCUT2D eigenvalue weighted by molar-refractivity contribution is -0.132. The van der Waals surface area contributed by atoms with Crippen molar-refractivity contribution in [1.29, 1.82) is 0 Å². The number of amides is 1. The number of ether oxygens (including phenoxy) is 2. The van der Waals surface area contributed by atoms with E-state index in [1.807, 2.05) is 33.9 Å². The van der Waals surface area contributed by atoms with E-state index >= 15 is 0 Å². The van der Waals surface area contributed by atoms with E-state index in [2.05, 4.69) is 0 Å². The Kier molecular flexibility index (Phi) is 4.22. The SMILES string of the molecule is COc1cc(OC)c2ccn(CC(=O)N3CCCCC3)c2c1. The van der Waals surface area contributed by atoms with Gasteiger partial charge in [0.25, 0.3) is 0 Å². The summed E-state index contributed by atoms with van der Waals surface area (Å²) in [6.45, 7) is 2.12. The molecule has 2 aromatic rings. The number of benzene rings is 1. The molecule has 2 heterocycles. The van der Waals surface area contributed by atoms with Crippen LogP contribution in [0.2, 0.25) is 0 Å². The number of aromatic nitrogens is 1. The molecule has 1 aromatic heterocycles. The van der Waals surface area contributed by atoms with Crippen molar-refractivity contribution in [3.8, 4) is 11.5 Å². The molecule has 118 valence electrons. The summed E-state index contributed by atoms with van der Waals surface area (Å²) in [5.41, 5.74) is 0.960. The quantitative estimate of drug-likeness (QED) is 0.872. The molecule has 3 rings (SSSR count). The molecule has 22 heavy (non-hydrogen) atoms. The monoisotopic (exact) mass is 302 g/mol. The molecule has 1 aliphatic heterocycles. The van der Waals surface area contributed by atoms with E-state index in [9.17, 15) is 4.79 Å². The van der Waals surface area contributed by atoms with Crippen molar-refractivity contribution in [3.63, 3.8) is 0 Å². The summed E-state index contributed by atoms with van der Waals surface area (Å²) in [6.07, 6.45) is 5.39. The Labute approximate surface area is 130 Å². The highest BCUT2D eigenvalue weighted by Gasteiger charge is 2.18. The van der Waals surface area contributed by atoms with Crippen molar-refractivity contribution in [2.45, 2.75) is 25.8 Å².